The number of halogens is 1. The first-order valence-electron chi connectivity index (χ1n) is 2.84. The lowest BCUT2D eigenvalue weighted by atomic mass is 10.1. The molecule has 1 aromatic carbocycles. The van der Waals surface area contributed by atoms with E-state index in [1.54, 1.807) is 0 Å². The second-order valence-electron chi connectivity index (χ2n) is 2.15. The van der Waals surface area contributed by atoms with E-state index in [4.69, 9.17) is 5.73 Å². The van der Waals surface area contributed by atoms with Crippen molar-refractivity contribution in [2.45, 2.75) is 0 Å². The molecule has 2 N–H and O–H groups in total. The molecule has 1 rings (SSSR count). The van der Waals surface area contributed by atoms with Gasteiger partial charge in [-0.25, -0.2) is 0 Å². The molecule has 2 radical (unpaired) electrons. The Labute approximate surface area is 74.8 Å². The van der Waals surface area contributed by atoms with E-state index in [-0.39, 0.29) is 0 Å². The average Bonchev–Trinajstić information content (AvgIpc) is 1.82. The molecule has 0 atom stereocenters. The molecule has 0 bridgehead atoms. The molecule has 1 aromatic rings. The van der Waals surface area contributed by atoms with E-state index in [2.05, 4.69) is 36.4 Å². The minimum atomic E-state index is 0.757. The molecule has 0 saturated heterocycles. The van der Waals surface area contributed by atoms with Crippen molar-refractivity contribution in [3.8, 4) is 0 Å². The predicted octanol–water partition coefficient (Wildman–Crippen LogP) is 2.24. The van der Waals surface area contributed by atoms with Crippen LogP contribution in [0.15, 0.2) is 12.1 Å². The summed E-state index contributed by atoms with van der Waals surface area (Å²) in [7, 11) is 0. The van der Waals surface area contributed by atoms with Crippen LogP contribution in [-0.2, 0) is 0 Å². The molecule has 0 spiro atoms. The van der Waals surface area contributed by atoms with Crippen LogP contribution in [0.1, 0.15) is 11.1 Å². The summed E-state index contributed by atoms with van der Waals surface area (Å²) in [5.41, 5.74) is 8.23. The SMILES string of the molecule is [CH2]c1cc([CH2])c(N)c(I)c1. The third kappa shape index (κ3) is 1.42. The lowest BCUT2D eigenvalue weighted by molar-refractivity contribution is 1.51. The molecule has 0 amide bonds. The number of anilines is 1. The maximum Gasteiger partial charge on any atom is 0.0482 e. The molecular weight excluding hydrogens is 237 g/mol. The number of rotatable bonds is 0. The summed E-state index contributed by atoms with van der Waals surface area (Å²) in [5, 5.41) is 0. The topological polar surface area (TPSA) is 26.0 Å². The first-order valence-corrected chi connectivity index (χ1v) is 3.92. The van der Waals surface area contributed by atoms with Gasteiger partial charge in [-0.15, -0.1) is 0 Å². The predicted molar refractivity (Wildman–Crippen MR) is 52.5 cm³/mol. The Balaban J connectivity index is 3.31. The molecule has 10 heavy (non-hydrogen) atoms. The van der Waals surface area contributed by atoms with Gasteiger partial charge in [0.05, 0.1) is 0 Å². The molecule has 0 unspecified atom stereocenters. The summed E-state index contributed by atoms with van der Waals surface area (Å²) in [6.45, 7) is 7.55. The fourth-order valence-electron chi connectivity index (χ4n) is 0.737. The fourth-order valence-corrected chi connectivity index (χ4v) is 1.48. The maximum absolute atomic E-state index is 5.65. The van der Waals surface area contributed by atoms with Gasteiger partial charge in [-0.3, -0.25) is 0 Å². The Kier molecular flexibility index (Phi) is 2.18. The van der Waals surface area contributed by atoms with E-state index in [9.17, 15) is 0 Å². The van der Waals surface area contributed by atoms with E-state index in [0.29, 0.717) is 0 Å². The van der Waals surface area contributed by atoms with E-state index < -0.39 is 0 Å². The van der Waals surface area contributed by atoms with Crippen molar-refractivity contribution in [2.75, 3.05) is 5.73 Å². The summed E-state index contributed by atoms with van der Waals surface area (Å²) in [6, 6.07) is 3.81. The van der Waals surface area contributed by atoms with Crippen LogP contribution in [-0.4, -0.2) is 0 Å². The second kappa shape index (κ2) is 2.78. The van der Waals surface area contributed by atoms with Gasteiger partial charge in [0.15, 0.2) is 0 Å². The van der Waals surface area contributed by atoms with Crippen LogP contribution in [0, 0.1) is 17.4 Å². The van der Waals surface area contributed by atoms with Gasteiger partial charge >= 0.3 is 0 Å². The van der Waals surface area contributed by atoms with Crippen LogP contribution in [0.2, 0.25) is 0 Å². The number of benzene rings is 1. The summed E-state index contributed by atoms with van der Waals surface area (Å²) in [6.07, 6.45) is 0. The van der Waals surface area contributed by atoms with Crippen molar-refractivity contribution >= 4 is 28.3 Å². The maximum atomic E-state index is 5.65. The molecule has 0 saturated carbocycles. The van der Waals surface area contributed by atoms with Crippen molar-refractivity contribution in [3.05, 3.63) is 40.7 Å². The van der Waals surface area contributed by atoms with Gasteiger partial charge in [0.2, 0.25) is 0 Å². The second-order valence-corrected chi connectivity index (χ2v) is 3.31. The van der Waals surface area contributed by atoms with E-state index in [0.717, 1.165) is 20.4 Å². The highest BCUT2D eigenvalue weighted by molar-refractivity contribution is 14.1. The monoisotopic (exact) mass is 245 g/mol. The minimum Gasteiger partial charge on any atom is -0.398 e. The van der Waals surface area contributed by atoms with Crippen LogP contribution in [0.3, 0.4) is 0 Å². The van der Waals surface area contributed by atoms with Crippen LogP contribution in [0.4, 0.5) is 5.69 Å². The molecule has 0 aliphatic heterocycles. The van der Waals surface area contributed by atoms with Gasteiger partial charge in [0.25, 0.3) is 0 Å². The smallest absolute Gasteiger partial charge is 0.0482 e. The Hall–Kier alpha value is -0.250. The van der Waals surface area contributed by atoms with Gasteiger partial charge in [-0.1, -0.05) is 6.07 Å². The van der Waals surface area contributed by atoms with Crippen molar-refractivity contribution in [3.63, 3.8) is 0 Å². The highest BCUT2D eigenvalue weighted by atomic mass is 127. The fraction of sp³-hybridized carbons (Fsp3) is 0. The first kappa shape index (κ1) is 7.85. The molecule has 52 valence electrons. The van der Waals surface area contributed by atoms with Crippen LogP contribution >= 0.6 is 22.6 Å². The molecule has 1 nitrogen and oxygen atoms in total. The zero-order valence-corrected chi connectivity index (χ0v) is 7.68. The Morgan fingerprint density at radius 2 is 1.90 bits per heavy atom. The lowest BCUT2D eigenvalue weighted by Gasteiger charge is -2.03. The van der Waals surface area contributed by atoms with Gasteiger partial charge in [-0.05, 0) is 53.6 Å². The largest absolute Gasteiger partial charge is 0.398 e. The molecule has 0 fully saturated rings. The Morgan fingerprint density at radius 1 is 1.30 bits per heavy atom. The van der Waals surface area contributed by atoms with Gasteiger partial charge < -0.3 is 5.73 Å². The van der Waals surface area contributed by atoms with Crippen LogP contribution < -0.4 is 5.73 Å². The van der Waals surface area contributed by atoms with E-state index in [1.165, 1.54) is 0 Å². The molecular formula is C8H8IN. The molecule has 0 aliphatic rings. The quantitative estimate of drug-likeness (QED) is 0.550. The van der Waals surface area contributed by atoms with Gasteiger partial charge in [-0.2, -0.15) is 0 Å². The van der Waals surface area contributed by atoms with Crippen molar-refractivity contribution in [1.29, 1.82) is 0 Å². The lowest BCUT2D eigenvalue weighted by Crippen LogP contribution is -1.93. The Morgan fingerprint density at radius 3 is 2.40 bits per heavy atom. The number of hydrogen-bond donors (Lipinski definition) is 1. The summed E-state index contributed by atoms with van der Waals surface area (Å²) in [5.74, 6) is 0. The Bertz CT molecular complexity index is 232. The zero-order chi connectivity index (χ0) is 7.72. The standard InChI is InChI=1S/C8H8IN/c1-5-3-6(2)8(10)7(9)4-5/h3-4H,1-2,10H2. The third-order valence-corrected chi connectivity index (χ3v) is 2.17. The first-order chi connectivity index (χ1) is 4.61. The summed E-state index contributed by atoms with van der Waals surface area (Å²) >= 11 is 2.17. The molecule has 2 heteroatoms. The summed E-state index contributed by atoms with van der Waals surface area (Å²) < 4.78 is 1.02. The molecule has 0 aliphatic carbocycles. The number of nitrogens with two attached hydrogens (primary N) is 1. The third-order valence-electron chi connectivity index (χ3n) is 1.27. The van der Waals surface area contributed by atoms with Crippen molar-refractivity contribution < 1.29 is 0 Å². The number of hydrogen-bond acceptors (Lipinski definition) is 1. The van der Waals surface area contributed by atoms with Crippen LogP contribution in [0.25, 0.3) is 0 Å². The molecule has 0 heterocycles. The minimum absolute atomic E-state index is 0.757. The highest BCUT2D eigenvalue weighted by Crippen LogP contribution is 2.20. The van der Waals surface area contributed by atoms with Crippen LogP contribution in [0.5, 0.6) is 0 Å². The van der Waals surface area contributed by atoms with E-state index >= 15 is 0 Å². The number of nitrogen functional groups attached to an aromatic ring is 1. The van der Waals surface area contributed by atoms with Crippen molar-refractivity contribution in [2.24, 2.45) is 0 Å². The van der Waals surface area contributed by atoms with Crippen molar-refractivity contribution in [1.82, 2.24) is 0 Å². The zero-order valence-electron chi connectivity index (χ0n) is 5.52. The highest BCUT2D eigenvalue weighted by Gasteiger charge is 1.98. The molecule has 0 aromatic heterocycles. The average molecular weight is 245 g/mol. The summed E-state index contributed by atoms with van der Waals surface area (Å²) in [4.78, 5) is 0. The van der Waals surface area contributed by atoms with Gasteiger partial charge in [0.1, 0.15) is 0 Å². The normalized spacial score (nSPS) is 9.90. The van der Waals surface area contributed by atoms with E-state index in [1.807, 2.05) is 12.1 Å². The van der Waals surface area contributed by atoms with Gasteiger partial charge in [0, 0.05) is 9.26 Å².